The zero-order chi connectivity index (χ0) is 21.6. The largest absolute Gasteiger partial charge is 0.492 e. The van der Waals surface area contributed by atoms with Gasteiger partial charge >= 0.3 is 0 Å². The van der Waals surface area contributed by atoms with Crippen LogP contribution in [0.5, 0.6) is 11.5 Å². The van der Waals surface area contributed by atoms with Gasteiger partial charge in [0.25, 0.3) is 0 Å². The van der Waals surface area contributed by atoms with Gasteiger partial charge in [-0.25, -0.2) is 4.98 Å². The Morgan fingerprint density at radius 2 is 1.84 bits per heavy atom. The fourth-order valence-corrected chi connectivity index (χ4v) is 3.68. The summed E-state index contributed by atoms with van der Waals surface area (Å²) in [6.45, 7) is 7.36. The van der Waals surface area contributed by atoms with Crippen molar-refractivity contribution in [3.05, 3.63) is 101 Å². The summed E-state index contributed by atoms with van der Waals surface area (Å²) in [5, 5.41) is 0.740. The zero-order valence-electron chi connectivity index (χ0n) is 17.6. The van der Waals surface area contributed by atoms with E-state index in [1.165, 1.54) is 0 Å². The Morgan fingerprint density at radius 1 is 1.03 bits per heavy atom. The molecular weight excluding hydrogens is 408 g/mol. The van der Waals surface area contributed by atoms with E-state index in [9.17, 15) is 0 Å². The van der Waals surface area contributed by atoms with Gasteiger partial charge in [-0.15, -0.1) is 6.58 Å². The molecule has 3 aromatic carbocycles. The Kier molecular flexibility index (Phi) is 6.58. The number of nitrogens with zero attached hydrogens (tertiary/aromatic N) is 2. The zero-order valence-corrected chi connectivity index (χ0v) is 18.3. The molecule has 0 atom stereocenters. The highest BCUT2D eigenvalue weighted by Gasteiger charge is 2.12. The van der Waals surface area contributed by atoms with Crippen LogP contribution >= 0.6 is 11.6 Å². The van der Waals surface area contributed by atoms with Crippen LogP contribution in [0.25, 0.3) is 11.0 Å². The number of para-hydroxylation sites is 3. The Labute approximate surface area is 187 Å². The van der Waals surface area contributed by atoms with Gasteiger partial charge in [0, 0.05) is 5.02 Å². The maximum Gasteiger partial charge on any atom is 0.148 e. The van der Waals surface area contributed by atoms with Gasteiger partial charge in [0.15, 0.2) is 0 Å². The summed E-state index contributed by atoms with van der Waals surface area (Å²) in [6, 6.07) is 21.8. The summed E-state index contributed by atoms with van der Waals surface area (Å²) in [4.78, 5) is 4.80. The van der Waals surface area contributed by atoms with E-state index in [-0.39, 0.29) is 0 Å². The van der Waals surface area contributed by atoms with Crippen molar-refractivity contribution >= 4 is 22.6 Å². The molecule has 0 aliphatic carbocycles. The number of hydrogen-bond donors (Lipinski definition) is 0. The highest BCUT2D eigenvalue weighted by atomic mass is 35.5. The number of hydrogen-bond acceptors (Lipinski definition) is 3. The molecule has 0 unspecified atom stereocenters. The Hall–Kier alpha value is -3.24. The van der Waals surface area contributed by atoms with Crippen molar-refractivity contribution in [3.8, 4) is 11.5 Å². The van der Waals surface area contributed by atoms with Crippen LogP contribution in [0.4, 0.5) is 0 Å². The minimum absolute atomic E-state index is 0.378. The fourth-order valence-electron chi connectivity index (χ4n) is 3.56. The standard InChI is InChI=1S/C26H25ClN2O2/c1-3-8-20-9-4-7-12-25(20)31-18-26-28-23-10-5-6-11-24(23)29(26)15-16-30-21-13-14-22(27)19(2)17-21/h3-7,9-14,17H,1,8,15-16,18H2,2H3. The van der Waals surface area contributed by atoms with Gasteiger partial charge in [-0.3, -0.25) is 0 Å². The molecule has 1 heterocycles. The quantitative estimate of drug-likeness (QED) is 0.288. The number of halogens is 1. The van der Waals surface area contributed by atoms with E-state index in [0.717, 1.165) is 50.9 Å². The van der Waals surface area contributed by atoms with Gasteiger partial charge in [-0.05, 0) is 60.9 Å². The molecule has 0 aliphatic rings. The van der Waals surface area contributed by atoms with Crippen molar-refractivity contribution < 1.29 is 9.47 Å². The van der Waals surface area contributed by atoms with E-state index in [1.807, 2.05) is 67.6 Å². The number of imidazole rings is 1. The monoisotopic (exact) mass is 432 g/mol. The molecule has 0 radical (unpaired) electrons. The molecular formula is C26H25ClN2O2. The maximum atomic E-state index is 6.15. The van der Waals surface area contributed by atoms with Crippen LogP contribution in [0.1, 0.15) is 17.0 Å². The third-order valence-electron chi connectivity index (χ3n) is 5.14. The van der Waals surface area contributed by atoms with Crippen LogP contribution < -0.4 is 9.47 Å². The molecule has 0 saturated carbocycles. The molecule has 0 bridgehead atoms. The minimum atomic E-state index is 0.378. The number of allylic oxidation sites excluding steroid dienone is 1. The molecule has 1 aromatic heterocycles. The van der Waals surface area contributed by atoms with Crippen molar-refractivity contribution in [2.24, 2.45) is 0 Å². The van der Waals surface area contributed by atoms with Gasteiger partial charge in [0.1, 0.15) is 30.5 Å². The molecule has 0 fully saturated rings. The molecule has 4 aromatic rings. The van der Waals surface area contributed by atoms with E-state index in [4.69, 9.17) is 26.1 Å². The van der Waals surface area contributed by atoms with E-state index < -0.39 is 0 Å². The molecule has 0 spiro atoms. The summed E-state index contributed by atoms with van der Waals surface area (Å²) in [7, 11) is 0. The fraction of sp³-hybridized carbons (Fsp3) is 0.192. The van der Waals surface area contributed by atoms with Gasteiger partial charge in [0.2, 0.25) is 0 Å². The average Bonchev–Trinajstić information content (AvgIpc) is 3.13. The average molecular weight is 433 g/mol. The van der Waals surface area contributed by atoms with Crippen molar-refractivity contribution in [2.75, 3.05) is 6.61 Å². The van der Waals surface area contributed by atoms with Gasteiger partial charge < -0.3 is 14.0 Å². The second kappa shape index (κ2) is 9.71. The third-order valence-corrected chi connectivity index (χ3v) is 5.56. The van der Waals surface area contributed by atoms with Crippen LogP contribution in [0.2, 0.25) is 5.02 Å². The smallest absolute Gasteiger partial charge is 0.148 e. The molecule has 0 N–H and O–H groups in total. The van der Waals surface area contributed by atoms with Gasteiger partial charge in [-0.1, -0.05) is 48.0 Å². The number of rotatable bonds is 9. The first kappa shape index (κ1) is 21.0. The first-order valence-corrected chi connectivity index (χ1v) is 10.7. The van der Waals surface area contributed by atoms with Crippen LogP contribution in [0, 0.1) is 6.92 Å². The minimum Gasteiger partial charge on any atom is -0.492 e. The number of aryl methyl sites for hydroxylation is 1. The summed E-state index contributed by atoms with van der Waals surface area (Å²) in [6.07, 6.45) is 2.65. The molecule has 31 heavy (non-hydrogen) atoms. The lowest BCUT2D eigenvalue weighted by Gasteiger charge is -2.13. The number of ether oxygens (including phenoxy) is 2. The van der Waals surface area contributed by atoms with Crippen molar-refractivity contribution in [1.29, 1.82) is 0 Å². The predicted molar refractivity (Wildman–Crippen MR) is 126 cm³/mol. The number of aromatic nitrogens is 2. The van der Waals surface area contributed by atoms with Gasteiger partial charge in [0.05, 0.1) is 17.6 Å². The topological polar surface area (TPSA) is 36.3 Å². The molecule has 4 rings (SSSR count). The predicted octanol–water partition coefficient (Wildman–Crippen LogP) is 6.38. The van der Waals surface area contributed by atoms with E-state index >= 15 is 0 Å². The molecule has 0 aliphatic heterocycles. The summed E-state index contributed by atoms with van der Waals surface area (Å²) >= 11 is 6.11. The number of fused-ring (bicyclic) bond motifs is 1. The van der Waals surface area contributed by atoms with Crippen LogP contribution in [-0.4, -0.2) is 16.2 Å². The normalized spacial score (nSPS) is 10.9. The molecule has 0 saturated heterocycles. The highest BCUT2D eigenvalue weighted by Crippen LogP contribution is 2.23. The SMILES string of the molecule is C=CCc1ccccc1OCc1nc2ccccc2n1CCOc1ccc(Cl)c(C)c1. The van der Waals surface area contributed by atoms with E-state index in [1.54, 1.807) is 0 Å². The first-order chi connectivity index (χ1) is 15.2. The molecule has 4 nitrogen and oxygen atoms in total. The van der Waals surface area contributed by atoms with Crippen molar-refractivity contribution in [3.63, 3.8) is 0 Å². The lowest BCUT2D eigenvalue weighted by Crippen LogP contribution is -2.13. The van der Waals surface area contributed by atoms with E-state index in [2.05, 4.69) is 23.3 Å². The van der Waals surface area contributed by atoms with Crippen molar-refractivity contribution in [2.45, 2.75) is 26.5 Å². The van der Waals surface area contributed by atoms with Crippen LogP contribution in [0.3, 0.4) is 0 Å². The molecule has 158 valence electrons. The maximum absolute atomic E-state index is 6.15. The second-order valence-electron chi connectivity index (χ2n) is 7.32. The van der Waals surface area contributed by atoms with E-state index in [0.29, 0.717) is 19.8 Å². The third kappa shape index (κ3) is 4.92. The molecule has 0 amide bonds. The summed E-state index contributed by atoms with van der Waals surface area (Å²) < 4.78 is 14.3. The first-order valence-electron chi connectivity index (χ1n) is 10.3. The van der Waals surface area contributed by atoms with Crippen LogP contribution in [-0.2, 0) is 19.6 Å². The number of benzene rings is 3. The van der Waals surface area contributed by atoms with Crippen molar-refractivity contribution in [1.82, 2.24) is 9.55 Å². The lowest BCUT2D eigenvalue weighted by molar-refractivity contribution is 0.271. The highest BCUT2D eigenvalue weighted by molar-refractivity contribution is 6.31. The molecule has 5 heteroatoms. The van der Waals surface area contributed by atoms with Gasteiger partial charge in [-0.2, -0.15) is 0 Å². The Morgan fingerprint density at radius 3 is 2.68 bits per heavy atom. The summed E-state index contributed by atoms with van der Waals surface area (Å²) in [5.74, 6) is 2.53. The Bertz CT molecular complexity index is 1200. The summed E-state index contributed by atoms with van der Waals surface area (Å²) in [5.41, 5.74) is 4.13. The lowest BCUT2D eigenvalue weighted by atomic mass is 10.1. The second-order valence-corrected chi connectivity index (χ2v) is 7.72. The van der Waals surface area contributed by atoms with Crippen LogP contribution in [0.15, 0.2) is 79.4 Å². The Balaban J connectivity index is 1.52.